The number of carboxylic acid groups (broad SMARTS) is 1. The zero-order chi connectivity index (χ0) is 16.2. The number of amides is 1. The number of aliphatic carboxylic acids is 1. The normalized spacial score (nSPS) is 17.0. The van der Waals surface area contributed by atoms with Crippen molar-refractivity contribution in [3.05, 3.63) is 48.4 Å². The van der Waals surface area contributed by atoms with E-state index in [4.69, 9.17) is 4.74 Å². The lowest BCUT2D eigenvalue weighted by molar-refractivity contribution is -0.141. The van der Waals surface area contributed by atoms with Crippen LogP contribution in [0.3, 0.4) is 0 Å². The smallest absolute Gasteiger partial charge is 0.326 e. The Balaban J connectivity index is 1.79. The summed E-state index contributed by atoms with van der Waals surface area (Å²) >= 11 is 0. The van der Waals surface area contributed by atoms with E-state index in [1.54, 1.807) is 24.3 Å². The van der Waals surface area contributed by atoms with Gasteiger partial charge in [0.1, 0.15) is 11.8 Å². The number of hydrogen-bond acceptors (Lipinski definition) is 5. The van der Waals surface area contributed by atoms with Crippen LogP contribution >= 0.6 is 0 Å². The number of ether oxygens (including phenoxy) is 1. The van der Waals surface area contributed by atoms with E-state index < -0.39 is 12.0 Å². The van der Waals surface area contributed by atoms with Gasteiger partial charge in [0.05, 0.1) is 6.20 Å². The molecule has 2 heterocycles. The van der Waals surface area contributed by atoms with E-state index in [0.717, 1.165) is 0 Å². The molecular weight excluding hydrogens is 298 g/mol. The summed E-state index contributed by atoms with van der Waals surface area (Å²) < 4.78 is 5.55. The quantitative estimate of drug-likeness (QED) is 0.927. The molecule has 7 nitrogen and oxygen atoms in total. The Bertz CT molecular complexity index is 720. The molecule has 1 aliphatic rings. The first kappa shape index (κ1) is 15.0. The molecule has 3 rings (SSSR count). The van der Waals surface area contributed by atoms with Crippen molar-refractivity contribution in [2.24, 2.45) is 0 Å². The van der Waals surface area contributed by atoms with Crippen molar-refractivity contribution < 1.29 is 19.4 Å². The van der Waals surface area contributed by atoms with Crippen LogP contribution in [-0.2, 0) is 4.79 Å². The molecule has 1 atom stereocenters. The lowest BCUT2D eigenvalue weighted by Crippen LogP contribution is -2.40. The molecule has 0 spiro atoms. The minimum absolute atomic E-state index is 0.306. The number of nitrogens with zero attached hydrogens (tertiary/aromatic N) is 3. The van der Waals surface area contributed by atoms with Crippen molar-refractivity contribution in [2.45, 2.75) is 18.9 Å². The summed E-state index contributed by atoms with van der Waals surface area (Å²) in [7, 11) is 0. The second kappa shape index (κ2) is 6.43. The van der Waals surface area contributed by atoms with E-state index in [-0.39, 0.29) is 5.91 Å². The number of benzene rings is 1. The summed E-state index contributed by atoms with van der Waals surface area (Å²) in [5.74, 6) is -0.508. The Kier molecular flexibility index (Phi) is 4.18. The van der Waals surface area contributed by atoms with Crippen molar-refractivity contribution in [1.29, 1.82) is 0 Å². The van der Waals surface area contributed by atoms with Crippen LogP contribution in [0.1, 0.15) is 23.2 Å². The summed E-state index contributed by atoms with van der Waals surface area (Å²) in [5.41, 5.74) is 0.388. The van der Waals surface area contributed by atoms with Crippen LogP contribution < -0.4 is 4.74 Å². The Morgan fingerprint density at radius 3 is 2.91 bits per heavy atom. The van der Waals surface area contributed by atoms with Gasteiger partial charge in [-0.15, -0.1) is 0 Å². The van der Waals surface area contributed by atoms with Gasteiger partial charge < -0.3 is 14.7 Å². The van der Waals surface area contributed by atoms with E-state index in [1.807, 2.05) is 0 Å². The van der Waals surface area contributed by atoms with E-state index in [1.165, 1.54) is 23.5 Å². The van der Waals surface area contributed by atoms with Gasteiger partial charge in [0.2, 0.25) is 5.88 Å². The third-order valence-electron chi connectivity index (χ3n) is 3.64. The van der Waals surface area contributed by atoms with Gasteiger partial charge in [-0.3, -0.25) is 9.78 Å². The Labute approximate surface area is 132 Å². The van der Waals surface area contributed by atoms with Crippen LogP contribution in [0, 0.1) is 0 Å². The van der Waals surface area contributed by atoms with Gasteiger partial charge in [0, 0.05) is 24.5 Å². The van der Waals surface area contributed by atoms with E-state index in [0.29, 0.717) is 36.6 Å². The summed E-state index contributed by atoms with van der Waals surface area (Å²) in [4.78, 5) is 33.1. The fraction of sp³-hybridized carbons (Fsp3) is 0.250. The lowest BCUT2D eigenvalue weighted by atomic mass is 10.1. The first-order valence-corrected chi connectivity index (χ1v) is 7.23. The predicted octanol–water partition coefficient (Wildman–Crippen LogP) is 1.96. The van der Waals surface area contributed by atoms with Crippen molar-refractivity contribution in [3.8, 4) is 11.6 Å². The molecule has 0 aliphatic carbocycles. The zero-order valence-corrected chi connectivity index (χ0v) is 12.3. The van der Waals surface area contributed by atoms with Gasteiger partial charge in [0.15, 0.2) is 0 Å². The third kappa shape index (κ3) is 3.28. The van der Waals surface area contributed by atoms with Crippen molar-refractivity contribution in [1.82, 2.24) is 14.9 Å². The van der Waals surface area contributed by atoms with Crippen molar-refractivity contribution in [2.75, 3.05) is 6.54 Å². The molecule has 7 heteroatoms. The maximum absolute atomic E-state index is 12.5. The highest BCUT2D eigenvalue weighted by molar-refractivity contribution is 5.97. The molecule has 1 aromatic heterocycles. The van der Waals surface area contributed by atoms with Crippen LogP contribution in [0.4, 0.5) is 0 Å². The van der Waals surface area contributed by atoms with Crippen molar-refractivity contribution >= 4 is 11.9 Å². The number of carbonyl (C=O) groups is 2. The molecule has 118 valence electrons. The highest BCUT2D eigenvalue weighted by Crippen LogP contribution is 2.24. The monoisotopic (exact) mass is 313 g/mol. The van der Waals surface area contributed by atoms with Gasteiger partial charge in [-0.25, -0.2) is 9.78 Å². The average molecular weight is 313 g/mol. The van der Waals surface area contributed by atoms with Crippen LogP contribution in [-0.4, -0.2) is 44.4 Å². The molecule has 0 radical (unpaired) electrons. The largest absolute Gasteiger partial charge is 0.480 e. The minimum Gasteiger partial charge on any atom is -0.480 e. The molecular formula is C16H15N3O4. The number of hydrogen-bond donors (Lipinski definition) is 1. The maximum atomic E-state index is 12.5. The Morgan fingerprint density at radius 2 is 2.17 bits per heavy atom. The van der Waals surface area contributed by atoms with E-state index >= 15 is 0 Å². The fourth-order valence-corrected chi connectivity index (χ4v) is 2.58. The highest BCUT2D eigenvalue weighted by Gasteiger charge is 2.34. The van der Waals surface area contributed by atoms with Crippen molar-refractivity contribution in [3.63, 3.8) is 0 Å². The van der Waals surface area contributed by atoms with Gasteiger partial charge >= 0.3 is 5.97 Å². The standard InChI is InChI=1S/C16H15N3O4/c20-15(19-8-2-5-13(19)16(21)22)11-3-1-4-12(9-11)23-14-10-17-6-7-18-14/h1,3-4,6-7,9-10,13H,2,5,8H2,(H,21,22). The summed E-state index contributed by atoms with van der Waals surface area (Å²) in [6.45, 7) is 0.449. The summed E-state index contributed by atoms with van der Waals surface area (Å²) in [6, 6.07) is 5.85. The number of carboxylic acids is 1. The lowest BCUT2D eigenvalue weighted by Gasteiger charge is -2.21. The molecule has 1 unspecified atom stereocenters. The van der Waals surface area contributed by atoms with Gasteiger partial charge in [-0.1, -0.05) is 6.07 Å². The van der Waals surface area contributed by atoms with E-state index in [2.05, 4.69) is 9.97 Å². The number of likely N-dealkylation sites (tertiary alicyclic amines) is 1. The summed E-state index contributed by atoms with van der Waals surface area (Å²) in [6.07, 6.45) is 5.68. The SMILES string of the molecule is O=C(O)C1CCCN1C(=O)c1cccc(Oc2cnccn2)c1. The summed E-state index contributed by atoms with van der Waals surface area (Å²) in [5, 5.41) is 9.20. The molecule has 1 amide bonds. The number of carbonyl (C=O) groups excluding carboxylic acids is 1. The molecule has 0 saturated carbocycles. The second-order valence-corrected chi connectivity index (χ2v) is 5.17. The number of rotatable bonds is 4. The first-order valence-electron chi connectivity index (χ1n) is 7.23. The van der Waals surface area contributed by atoms with E-state index in [9.17, 15) is 14.7 Å². The predicted molar refractivity (Wildman–Crippen MR) is 80.2 cm³/mol. The molecule has 1 N–H and O–H groups in total. The van der Waals surface area contributed by atoms with Crippen LogP contribution in [0.5, 0.6) is 11.6 Å². The van der Waals surface area contributed by atoms with Gasteiger partial charge in [-0.2, -0.15) is 0 Å². The maximum Gasteiger partial charge on any atom is 0.326 e. The van der Waals surface area contributed by atoms with Crippen LogP contribution in [0.2, 0.25) is 0 Å². The molecule has 2 aromatic rings. The van der Waals surface area contributed by atoms with Gasteiger partial charge in [-0.05, 0) is 31.0 Å². The fourth-order valence-electron chi connectivity index (χ4n) is 2.58. The number of aromatic nitrogens is 2. The molecule has 0 bridgehead atoms. The first-order chi connectivity index (χ1) is 11.1. The average Bonchev–Trinajstić information content (AvgIpc) is 3.05. The molecule has 1 fully saturated rings. The Hall–Kier alpha value is -2.96. The minimum atomic E-state index is -0.970. The topological polar surface area (TPSA) is 92.6 Å². The second-order valence-electron chi connectivity index (χ2n) is 5.17. The zero-order valence-electron chi connectivity index (χ0n) is 12.3. The molecule has 1 aromatic carbocycles. The third-order valence-corrected chi connectivity index (χ3v) is 3.64. The highest BCUT2D eigenvalue weighted by atomic mass is 16.5. The van der Waals surface area contributed by atoms with Crippen LogP contribution in [0.25, 0.3) is 0 Å². The molecule has 1 saturated heterocycles. The Morgan fingerprint density at radius 1 is 1.30 bits per heavy atom. The van der Waals surface area contributed by atoms with Gasteiger partial charge in [0.25, 0.3) is 5.91 Å². The molecule has 23 heavy (non-hydrogen) atoms. The van der Waals surface area contributed by atoms with Crippen LogP contribution in [0.15, 0.2) is 42.9 Å². The molecule has 1 aliphatic heterocycles.